The van der Waals surface area contributed by atoms with Crippen LogP contribution < -0.4 is 9.64 Å². The molecule has 0 atom stereocenters. The number of ether oxygens (including phenoxy) is 1. The Morgan fingerprint density at radius 1 is 1.10 bits per heavy atom. The molecule has 1 saturated heterocycles. The van der Waals surface area contributed by atoms with E-state index in [0.717, 1.165) is 17.0 Å². The van der Waals surface area contributed by atoms with Crippen LogP contribution in [0.2, 0.25) is 0 Å². The first-order valence-corrected chi connectivity index (χ1v) is 9.57. The first kappa shape index (κ1) is 18.9. The summed E-state index contributed by atoms with van der Waals surface area (Å²) >= 11 is 0. The molecule has 2 aromatic heterocycles. The van der Waals surface area contributed by atoms with E-state index in [-0.39, 0.29) is 5.91 Å². The molecular weight excluding hydrogens is 370 g/mol. The minimum Gasteiger partial charge on any atom is -0.489 e. The Bertz CT molecular complexity index is 961. The highest BCUT2D eigenvalue weighted by Crippen LogP contribution is 2.20. The van der Waals surface area contributed by atoms with Gasteiger partial charge in [-0.3, -0.25) is 4.79 Å². The molecule has 150 valence electrons. The predicted molar refractivity (Wildman–Crippen MR) is 107 cm³/mol. The third kappa shape index (κ3) is 4.21. The summed E-state index contributed by atoms with van der Waals surface area (Å²) < 4.78 is 11.0. The van der Waals surface area contributed by atoms with Gasteiger partial charge in [0.05, 0.1) is 11.3 Å². The lowest BCUT2D eigenvalue weighted by molar-refractivity contribution is 0.0745. The van der Waals surface area contributed by atoms with Crippen molar-refractivity contribution in [1.82, 2.24) is 20.0 Å². The van der Waals surface area contributed by atoms with Crippen LogP contribution in [-0.4, -0.2) is 52.1 Å². The van der Waals surface area contributed by atoms with Crippen LogP contribution in [0.1, 0.15) is 27.4 Å². The number of carbonyl (C=O) groups is 1. The average molecular weight is 393 g/mol. The fraction of sp³-hybridized carbons (Fsp3) is 0.333. The maximum absolute atomic E-state index is 12.9. The Hall–Kier alpha value is -3.42. The average Bonchev–Trinajstić information content (AvgIpc) is 3.10. The van der Waals surface area contributed by atoms with Gasteiger partial charge in [0.1, 0.15) is 18.1 Å². The first-order valence-electron chi connectivity index (χ1n) is 9.57. The molecule has 0 unspecified atom stereocenters. The molecule has 0 saturated carbocycles. The van der Waals surface area contributed by atoms with Gasteiger partial charge in [0.15, 0.2) is 0 Å². The van der Waals surface area contributed by atoms with Crippen molar-refractivity contribution in [2.45, 2.75) is 20.5 Å². The summed E-state index contributed by atoms with van der Waals surface area (Å²) in [6.45, 7) is 6.76. The van der Waals surface area contributed by atoms with E-state index in [2.05, 4.69) is 20.0 Å². The number of piperazine rings is 1. The normalized spacial score (nSPS) is 14.1. The molecule has 0 aliphatic carbocycles. The Morgan fingerprint density at radius 3 is 2.55 bits per heavy atom. The smallest absolute Gasteiger partial charge is 0.254 e. The van der Waals surface area contributed by atoms with Crippen molar-refractivity contribution < 1.29 is 14.1 Å². The SMILES string of the molecule is Cc1noc(C)c1COc1cccc(C(=O)N2CCN(c3ncccn3)CC2)c1. The molecule has 1 aromatic carbocycles. The van der Waals surface area contributed by atoms with E-state index in [4.69, 9.17) is 9.26 Å². The molecule has 8 nitrogen and oxygen atoms in total. The Labute approximate surface area is 169 Å². The van der Waals surface area contributed by atoms with Crippen LogP contribution in [0, 0.1) is 13.8 Å². The first-order chi connectivity index (χ1) is 14.1. The lowest BCUT2D eigenvalue weighted by Gasteiger charge is -2.34. The van der Waals surface area contributed by atoms with E-state index in [1.807, 2.05) is 36.9 Å². The van der Waals surface area contributed by atoms with E-state index in [1.165, 1.54) is 0 Å². The largest absolute Gasteiger partial charge is 0.489 e. The molecule has 8 heteroatoms. The number of hydrogen-bond acceptors (Lipinski definition) is 7. The lowest BCUT2D eigenvalue weighted by atomic mass is 10.1. The Kier molecular flexibility index (Phi) is 5.41. The molecule has 3 heterocycles. The van der Waals surface area contributed by atoms with Gasteiger partial charge < -0.3 is 19.1 Å². The highest BCUT2D eigenvalue weighted by atomic mass is 16.5. The van der Waals surface area contributed by atoms with Crippen molar-refractivity contribution >= 4 is 11.9 Å². The van der Waals surface area contributed by atoms with Crippen LogP contribution in [0.15, 0.2) is 47.2 Å². The number of anilines is 1. The molecule has 1 amide bonds. The molecule has 1 fully saturated rings. The van der Waals surface area contributed by atoms with Crippen molar-refractivity contribution in [1.29, 1.82) is 0 Å². The van der Waals surface area contributed by atoms with Crippen LogP contribution in [0.25, 0.3) is 0 Å². The van der Waals surface area contributed by atoms with Crippen LogP contribution in [-0.2, 0) is 6.61 Å². The molecule has 0 N–H and O–H groups in total. The maximum atomic E-state index is 12.9. The number of amides is 1. The van der Waals surface area contributed by atoms with Crippen LogP contribution in [0.5, 0.6) is 5.75 Å². The summed E-state index contributed by atoms with van der Waals surface area (Å²) in [5.41, 5.74) is 2.36. The van der Waals surface area contributed by atoms with Crippen molar-refractivity contribution in [3.05, 3.63) is 65.3 Å². The van der Waals surface area contributed by atoms with Crippen molar-refractivity contribution in [2.75, 3.05) is 31.1 Å². The van der Waals surface area contributed by atoms with E-state index in [0.29, 0.717) is 50.0 Å². The molecule has 29 heavy (non-hydrogen) atoms. The van der Waals surface area contributed by atoms with Crippen LogP contribution in [0.4, 0.5) is 5.95 Å². The molecule has 1 aliphatic heterocycles. The summed E-state index contributed by atoms with van der Waals surface area (Å²) in [5.74, 6) is 2.10. The summed E-state index contributed by atoms with van der Waals surface area (Å²) in [5, 5.41) is 3.93. The Morgan fingerprint density at radius 2 is 1.86 bits per heavy atom. The van der Waals surface area contributed by atoms with Crippen LogP contribution >= 0.6 is 0 Å². The molecule has 4 rings (SSSR count). The van der Waals surface area contributed by atoms with Crippen LogP contribution in [0.3, 0.4) is 0 Å². The zero-order valence-electron chi connectivity index (χ0n) is 16.5. The highest BCUT2D eigenvalue weighted by molar-refractivity contribution is 5.94. The molecular formula is C21H23N5O3. The zero-order chi connectivity index (χ0) is 20.2. The fourth-order valence-electron chi connectivity index (χ4n) is 3.33. The standard InChI is InChI=1S/C21H23N5O3/c1-15-19(16(2)29-24-15)14-28-18-6-3-5-17(13-18)20(27)25-9-11-26(12-10-25)21-22-7-4-8-23-21/h3-8,13H,9-12,14H2,1-2H3. The third-order valence-corrected chi connectivity index (χ3v) is 5.05. The minimum atomic E-state index is 0.00131. The van der Waals surface area contributed by atoms with Gasteiger partial charge in [0, 0.05) is 44.1 Å². The van der Waals surface area contributed by atoms with Gasteiger partial charge in [-0.2, -0.15) is 0 Å². The fourth-order valence-corrected chi connectivity index (χ4v) is 3.33. The van der Waals surface area contributed by atoms with E-state index in [9.17, 15) is 4.79 Å². The van der Waals surface area contributed by atoms with Crippen molar-refractivity contribution in [3.63, 3.8) is 0 Å². The van der Waals surface area contributed by atoms with E-state index >= 15 is 0 Å². The molecule has 3 aromatic rings. The van der Waals surface area contributed by atoms with Gasteiger partial charge >= 0.3 is 0 Å². The number of aryl methyl sites for hydroxylation is 2. The van der Waals surface area contributed by atoms with Gasteiger partial charge in [0.25, 0.3) is 5.91 Å². The highest BCUT2D eigenvalue weighted by Gasteiger charge is 2.23. The van der Waals surface area contributed by atoms with Gasteiger partial charge in [-0.25, -0.2) is 9.97 Å². The minimum absolute atomic E-state index is 0.00131. The van der Waals surface area contributed by atoms with E-state index in [1.54, 1.807) is 24.5 Å². The number of aromatic nitrogens is 3. The third-order valence-electron chi connectivity index (χ3n) is 5.05. The number of nitrogens with zero attached hydrogens (tertiary/aromatic N) is 5. The lowest BCUT2D eigenvalue weighted by Crippen LogP contribution is -2.49. The number of carbonyl (C=O) groups excluding carboxylic acids is 1. The van der Waals surface area contributed by atoms with E-state index < -0.39 is 0 Å². The van der Waals surface area contributed by atoms with Gasteiger partial charge in [-0.15, -0.1) is 0 Å². The predicted octanol–water partition coefficient (Wildman–Crippen LogP) is 2.62. The van der Waals surface area contributed by atoms with Gasteiger partial charge in [-0.05, 0) is 38.1 Å². The molecule has 0 bridgehead atoms. The Balaban J connectivity index is 1.37. The van der Waals surface area contributed by atoms with Gasteiger partial charge in [-0.1, -0.05) is 11.2 Å². The monoisotopic (exact) mass is 393 g/mol. The van der Waals surface area contributed by atoms with Crippen molar-refractivity contribution in [2.24, 2.45) is 0 Å². The quantitative estimate of drug-likeness (QED) is 0.659. The summed E-state index contributed by atoms with van der Waals surface area (Å²) in [4.78, 5) is 25.4. The zero-order valence-corrected chi connectivity index (χ0v) is 16.5. The second kappa shape index (κ2) is 8.30. The van der Waals surface area contributed by atoms with Gasteiger partial charge in [0.2, 0.25) is 5.95 Å². The number of rotatable bonds is 5. The topological polar surface area (TPSA) is 84.6 Å². The number of benzene rings is 1. The van der Waals surface area contributed by atoms with Crippen molar-refractivity contribution in [3.8, 4) is 5.75 Å². The summed E-state index contributed by atoms with van der Waals surface area (Å²) in [7, 11) is 0. The molecule has 0 spiro atoms. The maximum Gasteiger partial charge on any atom is 0.254 e. The molecule has 1 aliphatic rings. The summed E-state index contributed by atoms with van der Waals surface area (Å²) in [6.07, 6.45) is 3.46. The second-order valence-electron chi connectivity index (χ2n) is 6.95. The summed E-state index contributed by atoms with van der Waals surface area (Å²) in [6, 6.07) is 9.08. The number of hydrogen-bond donors (Lipinski definition) is 0. The molecule has 0 radical (unpaired) electrons. The second-order valence-corrected chi connectivity index (χ2v) is 6.95.